The second kappa shape index (κ2) is 14.5. The first-order valence-corrected chi connectivity index (χ1v) is 13.0. The summed E-state index contributed by atoms with van der Waals surface area (Å²) in [7, 11) is 0. The van der Waals surface area contributed by atoms with E-state index in [-0.39, 0.29) is 31.8 Å². The van der Waals surface area contributed by atoms with Crippen LogP contribution in [-0.2, 0) is 32.0 Å². The summed E-state index contributed by atoms with van der Waals surface area (Å²) in [5.41, 5.74) is 19.2. The summed E-state index contributed by atoms with van der Waals surface area (Å²) in [4.78, 5) is 64.2. The number of nitrogens with one attached hydrogen (secondary N) is 5. The van der Waals surface area contributed by atoms with Gasteiger partial charge in [0.05, 0.1) is 12.4 Å². The highest BCUT2D eigenvalue weighted by atomic mass is 16.4. The number of imidazole rings is 1. The average Bonchev–Trinajstić information content (AvgIpc) is 3.59. The molecule has 0 aliphatic carbocycles. The van der Waals surface area contributed by atoms with Crippen molar-refractivity contribution in [3.8, 4) is 0 Å². The number of benzene rings is 1. The fourth-order valence-electron chi connectivity index (χ4n) is 4.17. The van der Waals surface area contributed by atoms with E-state index in [1.54, 1.807) is 6.20 Å². The minimum absolute atomic E-state index is 0.0282. The largest absolute Gasteiger partial charge is 0.480 e. The van der Waals surface area contributed by atoms with Crippen molar-refractivity contribution in [1.82, 2.24) is 30.9 Å². The minimum Gasteiger partial charge on any atom is -0.480 e. The smallest absolute Gasteiger partial charge is 0.326 e. The number of aromatic amines is 2. The van der Waals surface area contributed by atoms with E-state index < -0.39 is 47.9 Å². The van der Waals surface area contributed by atoms with Gasteiger partial charge in [-0.15, -0.1) is 0 Å². The molecule has 12 N–H and O–H groups in total. The van der Waals surface area contributed by atoms with Crippen molar-refractivity contribution < 1.29 is 24.3 Å². The van der Waals surface area contributed by atoms with Gasteiger partial charge in [0, 0.05) is 42.0 Å². The van der Waals surface area contributed by atoms with E-state index in [1.807, 2.05) is 24.3 Å². The van der Waals surface area contributed by atoms with Gasteiger partial charge in [-0.3, -0.25) is 19.4 Å². The van der Waals surface area contributed by atoms with E-state index in [1.165, 1.54) is 19.4 Å². The number of amides is 3. The first-order chi connectivity index (χ1) is 19.5. The normalized spacial score (nSPS) is 13.9. The zero-order valence-corrected chi connectivity index (χ0v) is 22.6. The van der Waals surface area contributed by atoms with Gasteiger partial charge in [-0.25, -0.2) is 9.78 Å². The second-order valence-electron chi connectivity index (χ2n) is 9.59. The van der Waals surface area contributed by atoms with Crippen LogP contribution < -0.4 is 33.2 Å². The minimum atomic E-state index is -1.25. The molecule has 3 rings (SSSR count). The van der Waals surface area contributed by atoms with Crippen LogP contribution in [0.3, 0.4) is 0 Å². The summed E-state index contributed by atoms with van der Waals surface area (Å²) < 4.78 is 0. The molecule has 3 aromatic rings. The summed E-state index contributed by atoms with van der Waals surface area (Å²) in [6.07, 6.45) is 5.33. The number of guanidine groups is 1. The van der Waals surface area contributed by atoms with Crippen molar-refractivity contribution in [2.75, 3.05) is 6.54 Å². The van der Waals surface area contributed by atoms with Crippen molar-refractivity contribution in [2.45, 2.75) is 56.8 Å². The first-order valence-electron chi connectivity index (χ1n) is 13.0. The number of H-pyrrole nitrogens is 2. The van der Waals surface area contributed by atoms with E-state index in [4.69, 9.17) is 17.2 Å². The van der Waals surface area contributed by atoms with Crippen LogP contribution in [0.5, 0.6) is 0 Å². The Kier molecular flexibility index (Phi) is 10.8. The third-order valence-electron chi connectivity index (χ3n) is 6.38. The Morgan fingerprint density at radius 2 is 1.73 bits per heavy atom. The molecule has 1 aromatic carbocycles. The second-order valence-corrected chi connectivity index (χ2v) is 9.59. The molecule has 0 bridgehead atoms. The number of aliphatic imine (C=N–C) groups is 1. The molecular formula is C26H36N10O5. The number of rotatable bonds is 15. The summed E-state index contributed by atoms with van der Waals surface area (Å²) >= 11 is 0. The molecule has 2 heterocycles. The number of nitrogens with two attached hydrogens (primary N) is 3. The molecular weight excluding hydrogens is 532 g/mol. The Hall–Kier alpha value is -4.92. The van der Waals surface area contributed by atoms with Crippen molar-refractivity contribution >= 4 is 40.6 Å². The Labute approximate surface area is 235 Å². The SMILES string of the molecule is CC(NC(=O)C(CCCN=C(N)N)NC(=O)C(N)Cc1c[nH]c2ccccc12)C(=O)NC(Cc1cnc[nH]1)C(=O)O. The zero-order chi connectivity index (χ0) is 29.9. The lowest BCUT2D eigenvalue weighted by molar-refractivity contribution is -0.142. The van der Waals surface area contributed by atoms with Crippen molar-refractivity contribution in [3.63, 3.8) is 0 Å². The molecule has 15 heteroatoms. The Morgan fingerprint density at radius 3 is 2.41 bits per heavy atom. The predicted octanol–water partition coefficient (Wildman–Crippen LogP) is -1.38. The van der Waals surface area contributed by atoms with E-state index in [0.717, 1.165) is 16.5 Å². The Bertz CT molecular complexity index is 1370. The molecule has 3 amide bonds. The Balaban J connectivity index is 1.63. The summed E-state index contributed by atoms with van der Waals surface area (Å²) in [6, 6.07) is 3.24. The molecule has 4 atom stereocenters. The highest BCUT2D eigenvalue weighted by Gasteiger charge is 2.28. The van der Waals surface area contributed by atoms with Gasteiger partial charge in [-0.2, -0.15) is 0 Å². The van der Waals surface area contributed by atoms with E-state index in [0.29, 0.717) is 12.1 Å². The van der Waals surface area contributed by atoms with Crippen LogP contribution in [0.4, 0.5) is 0 Å². The molecule has 0 saturated heterocycles. The maximum atomic E-state index is 13.1. The van der Waals surface area contributed by atoms with E-state index in [9.17, 15) is 24.3 Å². The van der Waals surface area contributed by atoms with Crippen LogP contribution in [0.1, 0.15) is 31.0 Å². The average molecular weight is 569 g/mol. The number of carbonyl (C=O) groups excluding carboxylic acids is 3. The van der Waals surface area contributed by atoms with Crippen LogP contribution in [0.25, 0.3) is 10.9 Å². The third kappa shape index (κ3) is 9.06. The number of aromatic nitrogens is 3. The maximum absolute atomic E-state index is 13.1. The zero-order valence-electron chi connectivity index (χ0n) is 22.6. The quantitative estimate of drug-likeness (QED) is 0.0593. The molecule has 0 aliphatic heterocycles. The van der Waals surface area contributed by atoms with Gasteiger partial charge in [0.25, 0.3) is 0 Å². The van der Waals surface area contributed by atoms with Crippen LogP contribution in [0, 0.1) is 0 Å². The van der Waals surface area contributed by atoms with Crippen LogP contribution >= 0.6 is 0 Å². The summed E-state index contributed by atoms with van der Waals surface area (Å²) in [5.74, 6) is -3.28. The Morgan fingerprint density at radius 1 is 1.00 bits per heavy atom. The number of carboxylic acids is 1. The molecule has 220 valence electrons. The van der Waals surface area contributed by atoms with Crippen LogP contribution in [0.2, 0.25) is 0 Å². The number of hydrogen-bond acceptors (Lipinski definition) is 7. The van der Waals surface area contributed by atoms with Crippen LogP contribution in [0.15, 0.2) is 48.0 Å². The van der Waals surface area contributed by atoms with Gasteiger partial charge in [0.1, 0.15) is 18.1 Å². The lowest BCUT2D eigenvalue weighted by atomic mass is 10.0. The first kappa shape index (κ1) is 30.6. The van der Waals surface area contributed by atoms with E-state index >= 15 is 0 Å². The number of fused-ring (bicyclic) bond motifs is 1. The fraction of sp³-hybridized carbons (Fsp3) is 0.385. The van der Waals surface area contributed by atoms with Gasteiger partial charge in [0.15, 0.2) is 5.96 Å². The predicted molar refractivity (Wildman–Crippen MR) is 151 cm³/mol. The molecule has 2 aromatic heterocycles. The van der Waals surface area contributed by atoms with Crippen molar-refractivity contribution in [3.05, 3.63) is 54.2 Å². The molecule has 0 fully saturated rings. The highest BCUT2D eigenvalue weighted by molar-refractivity contribution is 5.94. The van der Waals surface area contributed by atoms with Crippen molar-refractivity contribution in [2.24, 2.45) is 22.2 Å². The van der Waals surface area contributed by atoms with Gasteiger partial charge in [0.2, 0.25) is 17.7 Å². The molecule has 4 unspecified atom stereocenters. The van der Waals surface area contributed by atoms with Crippen molar-refractivity contribution in [1.29, 1.82) is 0 Å². The molecule has 0 radical (unpaired) electrons. The summed E-state index contributed by atoms with van der Waals surface area (Å²) in [5, 5.41) is 18.1. The topological polar surface area (TPSA) is 259 Å². The molecule has 0 saturated carbocycles. The third-order valence-corrected chi connectivity index (χ3v) is 6.38. The van der Waals surface area contributed by atoms with Gasteiger partial charge in [-0.05, 0) is 37.8 Å². The lowest BCUT2D eigenvalue weighted by Gasteiger charge is -2.23. The number of aliphatic carboxylic acids is 1. The fourth-order valence-corrected chi connectivity index (χ4v) is 4.17. The van der Waals surface area contributed by atoms with E-state index in [2.05, 4.69) is 35.9 Å². The monoisotopic (exact) mass is 568 g/mol. The van der Waals surface area contributed by atoms with Crippen LogP contribution in [-0.4, -0.2) is 80.4 Å². The molecule has 0 aliphatic rings. The van der Waals surface area contributed by atoms with Gasteiger partial charge >= 0.3 is 5.97 Å². The van der Waals surface area contributed by atoms with Gasteiger partial charge in [-0.1, -0.05) is 18.2 Å². The standard InChI is InChI=1S/C26H36N10O5/c1-14(22(37)36-21(25(40)41)10-16-12-30-13-33-16)34-24(39)20(7-4-8-31-26(28)29)35-23(38)18(27)9-15-11-32-19-6-3-2-5-17(15)19/h2-3,5-6,11-14,18,20-21,32H,4,7-10,27H2,1H3,(H,30,33)(H,34,39)(H,35,38)(H,36,37)(H,40,41)(H4,28,29,31). The number of para-hydroxylation sites is 1. The lowest BCUT2D eigenvalue weighted by Crippen LogP contribution is -2.56. The molecule has 15 nitrogen and oxygen atoms in total. The number of nitrogens with zero attached hydrogens (tertiary/aromatic N) is 2. The molecule has 41 heavy (non-hydrogen) atoms. The maximum Gasteiger partial charge on any atom is 0.326 e. The highest BCUT2D eigenvalue weighted by Crippen LogP contribution is 2.18. The number of carbonyl (C=O) groups is 4. The number of hydrogen-bond donors (Lipinski definition) is 9. The number of carboxylic acid groups (broad SMARTS) is 1. The summed E-state index contributed by atoms with van der Waals surface area (Å²) in [6.45, 7) is 1.62. The van der Waals surface area contributed by atoms with Gasteiger partial charge < -0.3 is 48.2 Å². The molecule has 0 spiro atoms.